The number of primary amides is 1. The molecule has 1 aliphatic rings. The van der Waals surface area contributed by atoms with Gasteiger partial charge >= 0.3 is 0 Å². The van der Waals surface area contributed by atoms with Gasteiger partial charge in [0.1, 0.15) is 5.75 Å². The second-order valence-electron chi connectivity index (χ2n) is 6.49. The normalized spacial score (nSPS) is 14.2. The number of anilines is 1. The van der Waals surface area contributed by atoms with Gasteiger partial charge in [-0.1, -0.05) is 11.8 Å². The molecule has 2 N–H and O–H groups in total. The first-order valence-corrected chi connectivity index (χ1v) is 10.8. The number of ether oxygens (including phenoxy) is 1. The van der Waals surface area contributed by atoms with E-state index >= 15 is 0 Å². The van der Waals surface area contributed by atoms with Gasteiger partial charge in [-0.25, -0.2) is 4.98 Å². The summed E-state index contributed by atoms with van der Waals surface area (Å²) in [5.41, 5.74) is 7.21. The topological polar surface area (TPSA) is 88.8 Å². The van der Waals surface area contributed by atoms with Gasteiger partial charge < -0.3 is 20.3 Å². The van der Waals surface area contributed by atoms with E-state index in [-0.39, 0.29) is 18.2 Å². The average Bonchev–Trinajstić information content (AvgIpc) is 3.05. The summed E-state index contributed by atoms with van der Waals surface area (Å²) in [4.78, 5) is 33.1. The number of carbonyl (C=O) groups is 2. The van der Waals surface area contributed by atoms with Crippen LogP contribution in [0.4, 0.5) is 5.69 Å². The maximum atomic E-state index is 12.5. The Morgan fingerprint density at radius 1 is 1.21 bits per heavy atom. The van der Waals surface area contributed by atoms with Crippen LogP contribution in [0.3, 0.4) is 0 Å². The van der Waals surface area contributed by atoms with Gasteiger partial charge in [-0.15, -0.1) is 11.3 Å². The van der Waals surface area contributed by atoms with Crippen LogP contribution in [0.15, 0.2) is 28.6 Å². The Labute approximate surface area is 172 Å². The highest BCUT2D eigenvalue weighted by Crippen LogP contribution is 2.28. The molecule has 1 aromatic heterocycles. The molecule has 2 aromatic rings. The van der Waals surface area contributed by atoms with E-state index in [0.717, 1.165) is 39.4 Å². The second kappa shape index (κ2) is 9.29. The number of nitrogens with zero attached hydrogens (tertiary/aromatic N) is 3. The molecule has 1 saturated heterocycles. The van der Waals surface area contributed by atoms with Crippen molar-refractivity contribution in [3.63, 3.8) is 0 Å². The van der Waals surface area contributed by atoms with Crippen molar-refractivity contribution >= 4 is 40.6 Å². The first-order chi connectivity index (χ1) is 13.5. The predicted octanol–water partition coefficient (Wildman–Crippen LogP) is 1.93. The fraction of sp³-hybridized carbons (Fsp3) is 0.421. The summed E-state index contributed by atoms with van der Waals surface area (Å²) in [5.74, 6) is 0.940. The van der Waals surface area contributed by atoms with Crippen LogP contribution < -0.4 is 15.4 Å². The van der Waals surface area contributed by atoms with Crippen molar-refractivity contribution in [2.24, 2.45) is 5.73 Å². The molecule has 0 spiro atoms. The third-order valence-corrected chi connectivity index (χ3v) is 6.88. The summed E-state index contributed by atoms with van der Waals surface area (Å²) in [6.45, 7) is 4.88. The van der Waals surface area contributed by atoms with Gasteiger partial charge in [0.05, 0.1) is 25.0 Å². The van der Waals surface area contributed by atoms with E-state index in [1.165, 1.54) is 23.1 Å². The minimum atomic E-state index is -0.367. The Morgan fingerprint density at radius 2 is 1.89 bits per heavy atom. The SMILES string of the molecule is COc1ccc(N2CCN(C(=O)CSc3nc(C)c(CC(N)=O)s3)CC2)cc1. The minimum absolute atomic E-state index is 0.115. The molecule has 0 aliphatic carbocycles. The Kier molecular flexibility index (Phi) is 6.79. The highest BCUT2D eigenvalue weighted by atomic mass is 32.2. The molecule has 1 fully saturated rings. The lowest BCUT2D eigenvalue weighted by Gasteiger charge is -2.36. The highest BCUT2D eigenvalue weighted by Gasteiger charge is 2.22. The molecule has 9 heteroatoms. The second-order valence-corrected chi connectivity index (χ2v) is 8.79. The fourth-order valence-corrected chi connectivity index (χ4v) is 5.15. The molecule has 3 rings (SSSR count). The van der Waals surface area contributed by atoms with E-state index in [9.17, 15) is 9.59 Å². The van der Waals surface area contributed by atoms with Crippen molar-refractivity contribution in [2.75, 3.05) is 43.9 Å². The number of aromatic nitrogens is 1. The van der Waals surface area contributed by atoms with Gasteiger partial charge in [-0.2, -0.15) is 0 Å². The largest absolute Gasteiger partial charge is 0.497 e. The quantitative estimate of drug-likeness (QED) is 0.689. The number of methoxy groups -OCH3 is 1. The summed E-state index contributed by atoms with van der Waals surface area (Å²) >= 11 is 2.86. The van der Waals surface area contributed by atoms with Gasteiger partial charge in [-0.3, -0.25) is 9.59 Å². The first-order valence-electron chi connectivity index (χ1n) is 9.00. The van der Waals surface area contributed by atoms with Gasteiger partial charge in [0.2, 0.25) is 11.8 Å². The van der Waals surface area contributed by atoms with E-state index in [4.69, 9.17) is 10.5 Å². The number of thiazole rings is 1. The number of piperazine rings is 1. The number of amides is 2. The van der Waals surface area contributed by atoms with Crippen molar-refractivity contribution in [1.82, 2.24) is 9.88 Å². The molecule has 0 radical (unpaired) electrons. The lowest BCUT2D eigenvalue weighted by atomic mass is 10.2. The molecule has 2 heterocycles. The molecule has 2 amide bonds. The zero-order valence-electron chi connectivity index (χ0n) is 16.0. The van der Waals surface area contributed by atoms with E-state index < -0.39 is 0 Å². The van der Waals surface area contributed by atoms with Gasteiger partial charge in [0.15, 0.2) is 4.34 Å². The number of hydrogen-bond acceptors (Lipinski definition) is 7. The molecule has 1 aliphatic heterocycles. The summed E-state index contributed by atoms with van der Waals surface area (Å²) in [6, 6.07) is 7.99. The van der Waals surface area contributed by atoms with Crippen LogP contribution in [0.5, 0.6) is 5.75 Å². The zero-order chi connectivity index (χ0) is 20.1. The highest BCUT2D eigenvalue weighted by molar-refractivity contribution is 8.01. The number of benzene rings is 1. The minimum Gasteiger partial charge on any atom is -0.497 e. The maximum absolute atomic E-state index is 12.5. The van der Waals surface area contributed by atoms with Crippen molar-refractivity contribution in [1.29, 1.82) is 0 Å². The number of aryl methyl sites for hydroxylation is 1. The van der Waals surface area contributed by atoms with Crippen molar-refractivity contribution in [2.45, 2.75) is 17.7 Å². The number of thioether (sulfide) groups is 1. The molecular weight excluding hydrogens is 396 g/mol. The summed E-state index contributed by atoms with van der Waals surface area (Å²) in [7, 11) is 1.66. The predicted molar refractivity (Wildman–Crippen MR) is 112 cm³/mol. The van der Waals surface area contributed by atoms with Crippen LogP contribution >= 0.6 is 23.1 Å². The average molecular weight is 421 g/mol. The molecule has 150 valence electrons. The lowest BCUT2D eigenvalue weighted by Crippen LogP contribution is -2.49. The van der Waals surface area contributed by atoms with Gasteiger partial charge in [0.25, 0.3) is 0 Å². The fourth-order valence-electron chi connectivity index (χ4n) is 3.01. The maximum Gasteiger partial charge on any atom is 0.233 e. The smallest absolute Gasteiger partial charge is 0.233 e. The summed E-state index contributed by atoms with van der Waals surface area (Å²) in [6.07, 6.45) is 0.200. The van der Waals surface area contributed by atoms with Crippen molar-refractivity contribution in [3.05, 3.63) is 34.8 Å². The molecule has 28 heavy (non-hydrogen) atoms. The summed E-state index contributed by atoms with van der Waals surface area (Å²) in [5, 5.41) is 0. The third-order valence-electron chi connectivity index (χ3n) is 4.60. The van der Waals surface area contributed by atoms with Crippen molar-refractivity contribution in [3.8, 4) is 5.75 Å². The number of hydrogen-bond donors (Lipinski definition) is 1. The van der Waals surface area contributed by atoms with E-state index in [0.29, 0.717) is 18.8 Å². The summed E-state index contributed by atoms with van der Waals surface area (Å²) < 4.78 is 6.00. The van der Waals surface area contributed by atoms with Crippen LogP contribution in [0.25, 0.3) is 0 Å². The zero-order valence-corrected chi connectivity index (χ0v) is 17.6. The van der Waals surface area contributed by atoms with Crippen LogP contribution in [0.1, 0.15) is 10.6 Å². The third kappa shape index (κ3) is 5.17. The molecule has 7 nitrogen and oxygen atoms in total. The molecule has 0 saturated carbocycles. The Balaban J connectivity index is 1.48. The molecule has 0 bridgehead atoms. The van der Waals surface area contributed by atoms with Gasteiger partial charge in [-0.05, 0) is 31.2 Å². The van der Waals surface area contributed by atoms with Crippen molar-refractivity contribution < 1.29 is 14.3 Å². The number of nitrogens with two attached hydrogens (primary N) is 1. The van der Waals surface area contributed by atoms with Crippen LogP contribution in [0, 0.1) is 6.92 Å². The number of carbonyl (C=O) groups excluding carboxylic acids is 2. The Bertz CT molecular complexity index is 830. The Hall–Kier alpha value is -2.26. The van der Waals surface area contributed by atoms with Gasteiger partial charge in [0, 0.05) is 36.7 Å². The number of rotatable bonds is 7. The first kappa shape index (κ1) is 20.5. The Morgan fingerprint density at radius 3 is 2.50 bits per heavy atom. The van der Waals surface area contributed by atoms with E-state index in [2.05, 4.69) is 9.88 Å². The van der Waals surface area contributed by atoms with Crippen LogP contribution in [0.2, 0.25) is 0 Å². The molecular formula is C19H24N4O3S2. The monoisotopic (exact) mass is 420 g/mol. The van der Waals surface area contributed by atoms with E-state index in [1.54, 1.807) is 7.11 Å². The van der Waals surface area contributed by atoms with Crippen LogP contribution in [-0.2, 0) is 16.0 Å². The van der Waals surface area contributed by atoms with Crippen LogP contribution in [-0.4, -0.2) is 60.7 Å². The molecule has 0 unspecified atom stereocenters. The molecule has 0 atom stereocenters. The standard InChI is InChI=1S/C19H24N4O3S2/c1-13-16(11-17(20)24)28-19(21-13)27-12-18(25)23-9-7-22(8-10-23)14-3-5-15(26-2)6-4-14/h3-6H,7-12H2,1-2H3,(H2,20,24). The molecule has 1 aromatic carbocycles. The van der Waals surface area contributed by atoms with E-state index in [1.807, 2.05) is 36.1 Å². The lowest BCUT2D eigenvalue weighted by molar-refractivity contribution is -0.128.